The van der Waals surface area contributed by atoms with Crippen molar-refractivity contribution in [3.63, 3.8) is 0 Å². The molecule has 3 heterocycles. The van der Waals surface area contributed by atoms with E-state index < -0.39 is 5.67 Å². The molecule has 1 N–H and O–H groups in total. The minimum atomic E-state index is -1.37. The molecule has 1 saturated carbocycles. The summed E-state index contributed by atoms with van der Waals surface area (Å²) in [6.07, 6.45) is 9.37. The molecule has 0 unspecified atom stereocenters. The Morgan fingerprint density at radius 1 is 1.13 bits per heavy atom. The number of hydrogen-bond acceptors (Lipinski definition) is 5. The first-order valence-corrected chi connectivity index (χ1v) is 14.0. The van der Waals surface area contributed by atoms with Gasteiger partial charge in [-0.3, -0.25) is 9.48 Å². The second kappa shape index (κ2) is 11.4. The largest absolute Gasteiger partial charge is 0.474 e. The molecule has 0 spiro atoms. The molecule has 2 aliphatic rings. The van der Waals surface area contributed by atoms with Crippen LogP contribution in [0.1, 0.15) is 67.6 Å². The molecular weight excluding hydrogens is 481 g/mol. The van der Waals surface area contributed by atoms with Gasteiger partial charge in [0, 0.05) is 55.9 Å². The molecule has 0 atom stereocenters. The molecule has 38 heavy (non-hydrogen) atoms. The van der Waals surface area contributed by atoms with Crippen molar-refractivity contribution in [2.24, 2.45) is 13.0 Å². The van der Waals surface area contributed by atoms with E-state index in [2.05, 4.69) is 26.4 Å². The standard InChI is InChI=1S/C30H40FN5O2/c1-30(2,31)20-38-28-12-9-22-14-17-36(18-15-26(22)33-28)16-13-21-7-10-23(11-8-21)32-29(37)24-5-4-6-27-25(24)19-35(3)34-27/h4-6,9,12,19,21,23H,7-8,10-11,13-18,20H2,1-3H3,(H,32,37)/t21-,23-. The third kappa shape index (κ3) is 6.70. The molecule has 1 aliphatic carbocycles. The van der Waals surface area contributed by atoms with Crippen molar-refractivity contribution >= 4 is 16.8 Å². The highest BCUT2D eigenvalue weighted by atomic mass is 19.1. The maximum Gasteiger partial charge on any atom is 0.252 e. The van der Waals surface area contributed by atoms with Gasteiger partial charge in [0.15, 0.2) is 0 Å². The summed E-state index contributed by atoms with van der Waals surface area (Å²) < 4.78 is 21.1. The second-order valence-electron chi connectivity index (χ2n) is 11.6. The van der Waals surface area contributed by atoms with Crippen molar-refractivity contribution in [3.8, 4) is 5.88 Å². The predicted molar refractivity (Wildman–Crippen MR) is 147 cm³/mol. The fourth-order valence-electron chi connectivity index (χ4n) is 5.74. The van der Waals surface area contributed by atoms with Crippen LogP contribution in [0, 0.1) is 5.92 Å². The third-order valence-corrected chi connectivity index (χ3v) is 7.91. The SMILES string of the molecule is Cn1cc2c(C(=O)N[C@H]3CC[C@H](CCN4CCc5ccc(OCC(C)(C)F)nc5CC4)CC3)cccc2n1. The number of ether oxygens (including phenoxy) is 1. The zero-order valence-corrected chi connectivity index (χ0v) is 22.9. The number of nitrogens with zero attached hydrogens (tertiary/aromatic N) is 4. The van der Waals surface area contributed by atoms with E-state index in [1.54, 1.807) is 4.68 Å². The Morgan fingerprint density at radius 3 is 2.71 bits per heavy atom. The number of carbonyl (C=O) groups excluding carboxylic acids is 1. The third-order valence-electron chi connectivity index (χ3n) is 7.91. The van der Waals surface area contributed by atoms with Gasteiger partial charge in [0.1, 0.15) is 12.3 Å². The quantitative estimate of drug-likeness (QED) is 0.458. The summed E-state index contributed by atoms with van der Waals surface area (Å²) in [6.45, 7) is 6.17. The van der Waals surface area contributed by atoms with Gasteiger partial charge in [-0.2, -0.15) is 5.10 Å². The van der Waals surface area contributed by atoms with Gasteiger partial charge in [-0.25, -0.2) is 9.37 Å². The van der Waals surface area contributed by atoms with Crippen LogP contribution in [0.4, 0.5) is 4.39 Å². The van der Waals surface area contributed by atoms with E-state index in [1.807, 2.05) is 37.5 Å². The number of alkyl halides is 1. The predicted octanol–water partition coefficient (Wildman–Crippen LogP) is 4.87. The number of nitrogens with one attached hydrogen (secondary N) is 1. The molecule has 0 saturated heterocycles. The van der Waals surface area contributed by atoms with Crippen molar-refractivity contribution < 1.29 is 13.9 Å². The number of hydrogen-bond donors (Lipinski definition) is 1. The molecule has 1 fully saturated rings. The van der Waals surface area contributed by atoms with Gasteiger partial charge < -0.3 is 15.0 Å². The van der Waals surface area contributed by atoms with Crippen LogP contribution >= 0.6 is 0 Å². The van der Waals surface area contributed by atoms with Gasteiger partial charge in [0.05, 0.1) is 11.1 Å². The number of amides is 1. The van der Waals surface area contributed by atoms with Gasteiger partial charge in [0.25, 0.3) is 5.91 Å². The highest BCUT2D eigenvalue weighted by Crippen LogP contribution is 2.28. The average Bonchev–Trinajstić information content (AvgIpc) is 3.16. The van der Waals surface area contributed by atoms with E-state index in [4.69, 9.17) is 4.74 Å². The van der Waals surface area contributed by atoms with E-state index in [0.29, 0.717) is 17.4 Å². The lowest BCUT2D eigenvalue weighted by atomic mass is 9.84. The summed E-state index contributed by atoms with van der Waals surface area (Å²) in [6, 6.07) is 9.93. The summed E-state index contributed by atoms with van der Waals surface area (Å²) in [5, 5.41) is 8.60. The van der Waals surface area contributed by atoms with Crippen molar-refractivity contribution in [2.45, 2.75) is 70.5 Å². The summed E-state index contributed by atoms with van der Waals surface area (Å²) >= 11 is 0. The Balaban J connectivity index is 1.06. The van der Waals surface area contributed by atoms with Gasteiger partial charge in [-0.1, -0.05) is 12.1 Å². The first-order valence-electron chi connectivity index (χ1n) is 14.0. The number of benzene rings is 1. The van der Waals surface area contributed by atoms with Crippen LogP contribution in [0.3, 0.4) is 0 Å². The number of halogens is 1. The van der Waals surface area contributed by atoms with Crippen LogP contribution in [0.2, 0.25) is 0 Å². The Labute approximate surface area is 224 Å². The number of carbonyl (C=O) groups is 1. The van der Waals surface area contributed by atoms with E-state index >= 15 is 0 Å². The summed E-state index contributed by atoms with van der Waals surface area (Å²) in [5.74, 6) is 1.23. The Bertz CT molecular complexity index is 1260. The van der Waals surface area contributed by atoms with Gasteiger partial charge >= 0.3 is 0 Å². The maximum atomic E-state index is 13.8. The molecule has 1 amide bonds. The topological polar surface area (TPSA) is 72.3 Å². The van der Waals surface area contributed by atoms with Crippen LogP contribution in [0.25, 0.3) is 10.9 Å². The lowest BCUT2D eigenvalue weighted by Crippen LogP contribution is -2.38. The smallest absolute Gasteiger partial charge is 0.252 e. The number of fused-ring (bicyclic) bond motifs is 2. The summed E-state index contributed by atoms with van der Waals surface area (Å²) in [7, 11) is 1.88. The van der Waals surface area contributed by atoms with Gasteiger partial charge in [0.2, 0.25) is 5.88 Å². The first kappa shape index (κ1) is 26.6. The van der Waals surface area contributed by atoms with Crippen LogP contribution in [-0.4, -0.2) is 63.5 Å². The minimum Gasteiger partial charge on any atom is -0.474 e. The van der Waals surface area contributed by atoms with Crippen molar-refractivity contribution in [3.05, 3.63) is 53.3 Å². The highest BCUT2D eigenvalue weighted by Gasteiger charge is 2.25. The van der Waals surface area contributed by atoms with Crippen LogP contribution in [0.15, 0.2) is 36.5 Å². The second-order valence-corrected chi connectivity index (χ2v) is 11.6. The Kier molecular flexibility index (Phi) is 7.98. The van der Waals surface area contributed by atoms with Crippen molar-refractivity contribution in [2.75, 3.05) is 26.2 Å². The van der Waals surface area contributed by atoms with E-state index in [0.717, 1.165) is 74.8 Å². The molecule has 0 bridgehead atoms. The Hall–Kier alpha value is -3.00. The fourth-order valence-corrected chi connectivity index (χ4v) is 5.74. The summed E-state index contributed by atoms with van der Waals surface area (Å²) in [5.41, 5.74) is 2.55. The number of pyridine rings is 1. The molecule has 2 aromatic heterocycles. The zero-order chi connectivity index (χ0) is 26.7. The monoisotopic (exact) mass is 521 g/mol. The number of rotatable bonds is 8. The molecule has 8 heteroatoms. The zero-order valence-electron chi connectivity index (χ0n) is 22.9. The highest BCUT2D eigenvalue weighted by molar-refractivity contribution is 6.06. The van der Waals surface area contributed by atoms with Crippen LogP contribution < -0.4 is 10.1 Å². The molecule has 5 rings (SSSR count). The van der Waals surface area contributed by atoms with Crippen LogP contribution in [0.5, 0.6) is 5.88 Å². The molecule has 204 valence electrons. The van der Waals surface area contributed by atoms with E-state index in [-0.39, 0.29) is 18.6 Å². The van der Waals surface area contributed by atoms with Crippen molar-refractivity contribution in [1.29, 1.82) is 0 Å². The lowest BCUT2D eigenvalue weighted by Gasteiger charge is -2.30. The molecule has 7 nitrogen and oxygen atoms in total. The van der Waals surface area contributed by atoms with Crippen LogP contribution in [-0.2, 0) is 19.9 Å². The molecule has 1 aromatic carbocycles. The normalized spacial score (nSPS) is 20.6. The average molecular weight is 522 g/mol. The number of aromatic nitrogens is 3. The number of aryl methyl sites for hydroxylation is 1. The minimum absolute atomic E-state index is 0.00626. The van der Waals surface area contributed by atoms with Crippen molar-refractivity contribution in [1.82, 2.24) is 25.0 Å². The Morgan fingerprint density at radius 2 is 1.92 bits per heavy atom. The molecule has 0 radical (unpaired) electrons. The van der Waals surface area contributed by atoms with Gasteiger partial charge in [-0.05, 0) is 82.5 Å². The first-order chi connectivity index (χ1) is 18.2. The summed E-state index contributed by atoms with van der Waals surface area (Å²) in [4.78, 5) is 20.2. The lowest BCUT2D eigenvalue weighted by molar-refractivity contribution is 0.0921. The molecule has 3 aromatic rings. The van der Waals surface area contributed by atoms with E-state index in [1.165, 1.54) is 25.8 Å². The van der Waals surface area contributed by atoms with E-state index in [9.17, 15) is 9.18 Å². The maximum absolute atomic E-state index is 13.8. The molecule has 1 aliphatic heterocycles. The van der Waals surface area contributed by atoms with Gasteiger partial charge in [-0.15, -0.1) is 0 Å². The molecular formula is C30H40FN5O2. The fraction of sp³-hybridized carbons (Fsp3) is 0.567.